The van der Waals surface area contributed by atoms with Crippen molar-refractivity contribution in [2.24, 2.45) is 4.99 Å². The number of aromatic nitrogens is 1. The highest BCUT2D eigenvalue weighted by molar-refractivity contribution is 7.92. The molecule has 0 aliphatic carbocycles. The largest absolute Gasteiger partial charge is 0.465 e. The van der Waals surface area contributed by atoms with Gasteiger partial charge in [0.15, 0.2) is 14.6 Å². The Morgan fingerprint density at radius 3 is 2.58 bits per heavy atom. The molecule has 2 amide bonds. The van der Waals surface area contributed by atoms with Crippen LogP contribution in [-0.2, 0) is 46.7 Å². The second kappa shape index (κ2) is 11.3. The Morgan fingerprint density at radius 1 is 1.08 bits per heavy atom. The van der Waals surface area contributed by atoms with E-state index in [0.29, 0.717) is 28.9 Å². The maximum atomic E-state index is 12.7. The number of sulfone groups is 1. The molecule has 2 heterocycles. The molecule has 1 aromatic heterocycles. The van der Waals surface area contributed by atoms with Crippen LogP contribution in [0.3, 0.4) is 0 Å². The van der Waals surface area contributed by atoms with E-state index in [1.165, 1.54) is 28.7 Å². The number of ether oxygens (including phenoxy) is 2. The molecular formula is C25H25N3O8S2. The number of esters is 2. The highest BCUT2D eigenvalue weighted by Crippen LogP contribution is 2.27. The first-order valence-electron chi connectivity index (χ1n) is 11.7. The lowest BCUT2D eigenvalue weighted by atomic mass is 10.2. The first kappa shape index (κ1) is 27.2. The van der Waals surface area contributed by atoms with E-state index < -0.39 is 45.1 Å². The van der Waals surface area contributed by atoms with E-state index in [1.54, 1.807) is 25.1 Å². The van der Waals surface area contributed by atoms with E-state index in [2.05, 4.69) is 4.99 Å². The summed E-state index contributed by atoms with van der Waals surface area (Å²) in [5.41, 5.74) is 2.37. The number of carbonyl (C=O) groups is 4. The molecule has 0 fully saturated rings. The predicted molar refractivity (Wildman–Crippen MR) is 140 cm³/mol. The summed E-state index contributed by atoms with van der Waals surface area (Å²) in [6, 6.07) is 11.9. The van der Waals surface area contributed by atoms with Gasteiger partial charge in [-0.05, 0) is 43.2 Å². The van der Waals surface area contributed by atoms with Gasteiger partial charge in [0.2, 0.25) is 5.91 Å². The molecule has 0 saturated carbocycles. The van der Waals surface area contributed by atoms with Crippen molar-refractivity contribution in [2.45, 2.75) is 19.9 Å². The minimum absolute atomic E-state index is 0.0510. The van der Waals surface area contributed by atoms with Crippen LogP contribution in [0.5, 0.6) is 0 Å². The Kier molecular flexibility index (Phi) is 8.07. The van der Waals surface area contributed by atoms with Gasteiger partial charge in [0.05, 0.1) is 29.5 Å². The van der Waals surface area contributed by atoms with Crippen molar-refractivity contribution >= 4 is 60.8 Å². The Bertz CT molecular complexity index is 1600. The Hall–Kier alpha value is -3.84. The highest BCUT2D eigenvalue weighted by atomic mass is 32.2. The lowest BCUT2D eigenvalue weighted by molar-refractivity contribution is -0.143. The minimum Gasteiger partial charge on any atom is -0.465 e. The number of methoxy groups -OCH3 is 1. The number of thiazole rings is 1. The third-order valence-electron chi connectivity index (χ3n) is 5.79. The number of benzene rings is 2. The van der Waals surface area contributed by atoms with Crippen LogP contribution in [0.4, 0.5) is 5.69 Å². The van der Waals surface area contributed by atoms with Gasteiger partial charge in [-0.25, -0.2) is 13.2 Å². The molecule has 0 N–H and O–H groups in total. The van der Waals surface area contributed by atoms with E-state index in [-0.39, 0.29) is 23.5 Å². The van der Waals surface area contributed by atoms with Gasteiger partial charge in [-0.2, -0.15) is 4.99 Å². The third kappa shape index (κ3) is 6.00. The molecule has 0 radical (unpaired) electrons. The van der Waals surface area contributed by atoms with Gasteiger partial charge in [-0.1, -0.05) is 29.5 Å². The molecule has 2 aromatic carbocycles. The number of fused-ring (bicyclic) bond motifs is 2. The molecule has 0 saturated heterocycles. The van der Waals surface area contributed by atoms with Gasteiger partial charge in [-0.15, -0.1) is 0 Å². The fourth-order valence-corrected chi connectivity index (χ4v) is 6.29. The molecule has 3 aromatic rings. The molecule has 0 unspecified atom stereocenters. The number of hydrogen-bond donors (Lipinski definition) is 0. The van der Waals surface area contributed by atoms with Crippen LogP contribution in [-0.4, -0.2) is 68.5 Å². The molecule has 13 heteroatoms. The average Bonchev–Trinajstić information content (AvgIpc) is 3.44. The van der Waals surface area contributed by atoms with Crippen molar-refractivity contribution in [1.82, 2.24) is 4.57 Å². The normalized spacial score (nSPS) is 13.4. The van der Waals surface area contributed by atoms with Crippen molar-refractivity contribution in [2.75, 3.05) is 36.7 Å². The smallest absolute Gasteiger partial charge is 0.337 e. The Balaban J connectivity index is 1.59. The Labute approximate surface area is 222 Å². The fraction of sp³-hybridized carbons (Fsp3) is 0.320. The quantitative estimate of drug-likeness (QED) is 0.378. The lowest BCUT2D eigenvalue weighted by Gasteiger charge is -2.17. The molecule has 200 valence electrons. The zero-order valence-electron chi connectivity index (χ0n) is 20.7. The average molecular weight is 560 g/mol. The summed E-state index contributed by atoms with van der Waals surface area (Å²) in [6.07, 6.45) is 0.625. The minimum atomic E-state index is -4.13. The van der Waals surface area contributed by atoms with Crippen LogP contribution >= 0.6 is 11.3 Å². The zero-order valence-corrected chi connectivity index (χ0v) is 22.3. The van der Waals surface area contributed by atoms with Crippen LogP contribution in [0.2, 0.25) is 0 Å². The summed E-state index contributed by atoms with van der Waals surface area (Å²) in [7, 11) is -2.88. The van der Waals surface area contributed by atoms with Gasteiger partial charge >= 0.3 is 11.9 Å². The van der Waals surface area contributed by atoms with Crippen molar-refractivity contribution in [1.29, 1.82) is 0 Å². The summed E-state index contributed by atoms with van der Waals surface area (Å²) in [6.45, 7) is 1.89. The van der Waals surface area contributed by atoms with Gasteiger partial charge in [0.1, 0.15) is 18.1 Å². The molecular weight excluding hydrogens is 534 g/mol. The summed E-state index contributed by atoms with van der Waals surface area (Å²) < 4.78 is 37.1. The molecule has 4 rings (SSSR count). The standard InChI is InChI=1S/C25H25N3O8S2/c1-3-36-23(31)13-28-19-9-8-17(24(32)35-2)12-20(19)37-25(28)26-21(29)14-38(33,34)15-22(30)27-11-10-16-6-4-5-7-18(16)27/h4-9,12H,3,10-11,13-15H2,1-2H3. The van der Waals surface area contributed by atoms with Crippen molar-refractivity contribution in [3.8, 4) is 0 Å². The number of amides is 2. The Morgan fingerprint density at radius 2 is 1.84 bits per heavy atom. The van der Waals surface area contributed by atoms with Crippen molar-refractivity contribution < 1.29 is 37.1 Å². The van der Waals surface area contributed by atoms with Crippen LogP contribution in [0.1, 0.15) is 22.8 Å². The second-order valence-electron chi connectivity index (χ2n) is 8.41. The maximum Gasteiger partial charge on any atom is 0.337 e. The third-order valence-corrected chi connectivity index (χ3v) is 8.21. The number of anilines is 1. The number of carbonyl (C=O) groups excluding carboxylic acids is 4. The van der Waals surface area contributed by atoms with Crippen LogP contribution in [0, 0.1) is 0 Å². The van der Waals surface area contributed by atoms with Crippen molar-refractivity contribution in [3.05, 3.63) is 58.4 Å². The molecule has 38 heavy (non-hydrogen) atoms. The van der Waals surface area contributed by atoms with Crippen LogP contribution in [0.15, 0.2) is 47.5 Å². The molecule has 1 aliphatic rings. The van der Waals surface area contributed by atoms with Crippen LogP contribution < -0.4 is 9.70 Å². The van der Waals surface area contributed by atoms with Gasteiger partial charge < -0.3 is 18.9 Å². The molecule has 0 spiro atoms. The highest BCUT2D eigenvalue weighted by Gasteiger charge is 2.29. The van der Waals surface area contributed by atoms with E-state index >= 15 is 0 Å². The summed E-state index contributed by atoms with van der Waals surface area (Å²) in [5.74, 6) is -4.56. The lowest BCUT2D eigenvalue weighted by Crippen LogP contribution is -2.36. The van der Waals surface area contributed by atoms with E-state index in [4.69, 9.17) is 9.47 Å². The molecule has 0 bridgehead atoms. The maximum absolute atomic E-state index is 12.7. The first-order chi connectivity index (χ1) is 18.1. The SMILES string of the molecule is CCOC(=O)Cn1c(=NC(=O)CS(=O)(=O)CC(=O)N2CCc3ccccc32)sc2cc(C(=O)OC)ccc21. The predicted octanol–water partition coefficient (Wildman–Crippen LogP) is 1.48. The fourth-order valence-electron chi connectivity index (χ4n) is 4.13. The topological polar surface area (TPSA) is 141 Å². The monoisotopic (exact) mass is 559 g/mol. The molecule has 11 nitrogen and oxygen atoms in total. The van der Waals surface area contributed by atoms with E-state index in [0.717, 1.165) is 16.9 Å². The van der Waals surface area contributed by atoms with Gasteiger partial charge in [0.25, 0.3) is 5.91 Å². The molecule has 1 aliphatic heterocycles. The number of para-hydroxylation sites is 1. The molecule has 0 atom stereocenters. The summed E-state index contributed by atoms with van der Waals surface area (Å²) >= 11 is 0.997. The van der Waals surface area contributed by atoms with E-state index in [1.807, 2.05) is 12.1 Å². The van der Waals surface area contributed by atoms with E-state index in [9.17, 15) is 27.6 Å². The zero-order chi connectivity index (χ0) is 27.4. The van der Waals surface area contributed by atoms with Gasteiger partial charge in [-0.3, -0.25) is 14.4 Å². The first-order valence-corrected chi connectivity index (χ1v) is 14.3. The van der Waals surface area contributed by atoms with Crippen molar-refractivity contribution in [3.63, 3.8) is 0 Å². The van der Waals surface area contributed by atoms with Gasteiger partial charge in [0, 0.05) is 12.2 Å². The van der Waals surface area contributed by atoms with Crippen LogP contribution in [0.25, 0.3) is 10.2 Å². The second-order valence-corrected chi connectivity index (χ2v) is 11.5. The summed E-state index contributed by atoms with van der Waals surface area (Å²) in [4.78, 5) is 55.0. The number of rotatable bonds is 8. The summed E-state index contributed by atoms with van der Waals surface area (Å²) in [5, 5.41) is 0. The number of hydrogen-bond acceptors (Lipinski definition) is 9. The number of nitrogens with zero attached hydrogens (tertiary/aromatic N) is 3.